The van der Waals surface area contributed by atoms with Crippen LogP contribution in [0.1, 0.15) is 16.4 Å². The summed E-state index contributed by atoms with van der Waals surface area (Å²) in [5, 5.41) is 10.7. The molecular formula is C16H15N3O4. The highest BCUT2D eigenvalue weighted by molar-refractivity contribution is 5.91. The summed E-state index contributed by atoms with van der Waals surface area (Å²) in [6, 6.07) is 10.6. The van der Waals surface area contributed by atoms with E-state index >= 15 is 0 Å². The molecule has 0 saturated carbocycles. The Bertz CT molecular complexity index is 763. The van der Waals surface area contributed by atoms with Crippen molar-refractivity contribution >= 4 is 5.91 Å². The summed E-state index contributed by atoms with van der Waals surface area (Å²) < 4.78 is 15.7. The zero-order valence-electron chi connectivity index (χ0n) is 12.5. The number of hydrogen-bond acceptors (Lipinski definition) is 6. The fraction of sp³-hybridized carbons (Fsp3) is 0.188. The van der Waals surface area contributed by atoms with Crippen LogP contribution in [0.2, 0.25) is 0 Å². The molecule has 3 aromatic rings. The lowest BCUT2D eigenvalue weighted by atomic mass is 10.2. The van der Waals surface area contributed by atoms with Gasteiger partial charge in [-0.25, -0.2) is 0 Å². The third-order valence-electron chi connectivity index (χ3n) is 3.17. The number of benzene rings is 1. The molecule has 118 valence electrons. The van der Waals surface area contributed by atoms with E-state index in [-0.39, 0.29) is 11.7 Å². The molecule has 1 N–H and O–H groups in total. The van der Waals surface area contributed by atoms with Gasteiger partial charge in [0, 0.05) is 18.5 Å². The molecule has 0 fully saturated rings. The monoisotopic (exact) mass is 313 g/mol. The summed E-state index contributed by atoms with van der Waals surface area (Å²) in [6.07, 6.45) is 1.89. The number of aromatic nitrogens is 2. The minimum atomic E-state index is -0.273. The topological polar surface area (TPSA) is 90.4 Å². The van der Waals surface area contributed by atoms with Crippen LogP contribution in [-0.4, -0.2) is 29.8 Å². The van der Waals surface area contributed by atoms with Gasteiger partial charge < -0.3 is 18.9 Å². The molecule has 1 amide bonds. The van der Waals surface area contributed by atoms with E-state index in [1.807, 2.05) is 24.3 Å². The molecule has 0 bridgehead atoms. The van der Waals surface area contributed by atoms with Crippen LogP contribution < -0.4 is 10.1 Å². The van der Waals surface area contributed by atoms with Crippen molar-refractivity contribution in [3.8, 4) is 17.2 Å². The molecule has 7 heteroatoms. The Morgan fingerprint density at radius 1 is 1.22 bits per heavy atom. The average molecular weight is 313 g/mol. The van der Waals surface area contributed by atoms with Crippen molar-refractivity contribution in [3.05, 3.63) is 54.3 Å². The number of carbonyl (C=O) groups is 1. The van der Waals surface area contributed by atoms with Crippen LogP contribution >= 0.6 is 0 Å². The molecule has 0 saturated heterocycles. The smallest absolute Gasteiger partial charge is 0.286 e. The third kappa shape index (κ3) is 3.57. The third-order valence-corrected chi connectivity index (χ3v) is 3.17. The van der Waals surface area contributed by atoms with E-state index in [9.17, 15) is 4.79 Å². The van der Waals surface area contributed by atoms with E-state index in [1.54, 1.807) is 19.2 Å². The van der Waals surface area contributed by atoms with E-state index in [4.69, 9.17) is 13.6 Å². The number of furan rings is 1. The lowest BCUT2D eigenvalue weighted by Gasteiger charge is -2.00. The molecular weight excluding hydrogens is 298 g/mol. The quantitative estimate of drug-likeness (QED) is 0.751. The molecule has 2 heterocycles. The fourth-order valence-electron chi connectivity index (χ4n) is 1.98. The van der Waals surface area contributed by atoms with Gasteiger partial charge in [-0.3, -0.25) is 4.79 Å². The summed E-state index contributed by atoms with van der Waals surface area (Å²) in [5.74, 6) is 1.64. The van der Waals surface area contributed by atoms with Crippen molar-refractivity contribution in [2.45, 2.75) is 6.42 Å². The van der Waals surface area contributed by atoms with E-state index in [2.05, 4.69) is 15.5 Å². The van der Waals surface area contributed by atoms with Crippen molar-refractivity contribution in [2.24, 2.45) is 0 Å². The Kier molecular flexibility index (Phi) is 4.37. The van der Waals surface area contributed by atoms with Gasteiger partial charge in [0.05, 0.1) is 13.4 Å². The van der Waals surface area contributed by atoms with Gasteiger partial charge in [-0.1, -0.05) is 0 Å². The second-order valence-corrected chi connectivity index (χ2v) is 4.71. The van der Waals surface area contributed by atoms with Gasteiger partial charge in [0.25, 0.3) is 5.91 Å². The first-order valence-electron chi connectivity index (χ1n) is 7.05. The maximum atomic E-state index is 11.7. The predicted molar refractivity (Wildman–Crippen MR) is 81.0 cm³/mol. The summed E-state index contributed by atoms with van der Waals surface area (Å²) >= 11 is 0. The lowest BCUT2D eigenvalue weighted by molar-refractivity contribution is 0.0926. The SMILES string of the molecule is COc1ccc(-c2nnc(CCNC(=O)c3ccco3)o2)cc1. The highest BCUT2D eigenvalue weighted by atomic mass is 16.5. The Balaban J connectivity index is 1.55. The molecule has 3 rings (SSSR count). The minimum Gasteiger partial charge on any atom is -0.497 e. The normalized spacial score (nSPS) is 10.5. The Morgan fingerprint density at radius 3 is 2.74 bits per heavy atom. The average Bonchev–Trinajstić information content (AvgIpc) is 3.27. The van der Waals surface area contributed by atoms with Crippen molar-refractivity contribution < 1.29 is 18.4 Å². The largest absolute Gasteiger partial charge is 0.497 e. The summed E-state index contributed by atoms with van der Waals surface area (Å²) in [4.78, 5) is 11.7. The number of nitrogens with one attached hydrogen (secondary N) is 1. The summed E-state index contributed by atoms with van der Waals surface area (Å²) in [7, 11) is 1.61. The van der Waals surface area contributed by atoms with E-state index in [0.29, 0.717) is 24.7 Å². The van der Waals surface area contributed by atoms with Crippen LogP contribution in [0.3, 0.4) is 0 Å². The molecule has 1 aromatic carbocycles. The maximum Gasteiger partial charge on any atom is 0.286 e. The van der Waals surface area contributed by atoms with Crippen LogP contribution in [0.15, 0.2) is 51.5 Å². The van der Waals surface area contributed by atoms with Crippen LogP contribution in [0.5, 0.6) is 5.75 Å². The molecule has 23 heavy (non-hydrogen) atoms. The van der Waals surface area contributed by atoms with Gasteiger partial charge in [-0.2, -0.15) is 0 Å². The molecule has 0 aliphatic rings. The fourth-order valence-corrected chi connectivity index (χ4v) is 1.98. The molecule has 0 radical (unpaired) electrons. The van der Waals surface area contributed by atoms with Crippen LogP contribution in [0, 0.1) is 0 Å². The van der Waals surface area contributed by atoms with Crippen molar-refractivity contribution in [2.75, 3.05) is 13.7 Å². The van der Waals surface area contributed by atoms with Crippen LogP contribution in [0.4, 0.5) is 0 Å². The van der Waals surface area contributed by atoms with E-state index < -0.39 is 0 Å². The summed E-state index contributed by atoms with van der Waals surface area (Å²) in [5.41, 5.74) is 0.809. The van der Waals surface area contributed by atoms with Crippen molar-refractivity contribution in [1.29, 1.82) is 0 Å². The maximum absolute atomic E-state index is 11.7. The van der Waals surface area contributed by atoms with Gasteiger partial charge in [-0.15, -0.1) is 10.2 Å². The van der Waals surface area contributed by atoms with Gasteiger partial charge in [0.1, 0.15) is 5.75 Å². The molecule has 0 spiro atoms. The van der Waals surface area contributed by atoms with Gasteiger partial charge in [0.2, 0.25) is 11.8 Å². The Hall–Kier alpha value is -3.09. The molecule has 0 aliphatic heterocycles. The predicted octanol–water partition coefficient (Wildman–Crippen LogP) is 2.31. The lowest BCUT2D eigenvalue weighted by Crippen LogP contribution is -2.25. The highest BCUT2D eigenvalue weighted by Gasteiger charge is 2.11. The minimum absolute atomic E-state index is 0.273. The number of amides is 1. The van der Waals surface area contributed by atoms with Gasteiger partial charge in [0.15, 0.2) is 5.76 Å². The number of carbonyl (C=O) groups excluding carboxylic acids is 1. The van der Waals surface area contributed by atoms with Gasteiger partial charge >= 0.3 is 0 Å². The van der Waals surface area contributed by atoms with E-state index in [0.717, 1.165) is 11.3 Å². The Labute approximate surface area is 132 Å². The number of nitrogens with zero attached hydrogens (tertiary/aromatic N) is 2. The zero-order valence-corrected chi connectivity index (χ0v) is 12.5. The van der Waals surface area contributed by atoms with E-state index in [1.165, 1.54) is 6.26 Å². The first-order valence-corrected chi connectivity index (χ1v) is 7.05. The molecule has 0 unspecified atom stereocenters. The standard InChI is InChI=1S/C16H15N3O4/c1-21-12-6-4-11(5-7-12)16-19-18-14(23-16)8-9-17-15(20)13-3-2-10-22-13/h2-7,10H,8-9H2,1H3,(H,17,20). The molecule has 2 aromatic heterocycles. The molecule has 0 aliphatic carbocycles. The number of hydrogen-bond donors (Lipinski definition) is 1. The number of methoxy groups -OCH3 is 1. The molecule has 0 atom stereocenters. The number of rotatable bonds is 6. The molecule has 7 nitrogen and oxygen atoms in total. The first-order chi connectivity index (χ1) is 11.3. The van der Waals surface area contributed by atoms with Crippen LogP contribution in [0.25, 0.3) is 11.5 Å². The highest BCUT2D eigenvalue weighted by Crippen LogP contribution is 2.21. The summed E-state index contributed by atoms with van der Waals surface area (Å²) in [6.45, 7) is 0.379. The first kappa shape index (κ1) is 14.8. The zero-order chi connectivity index (χ0) is 16.1. The second-order valence-electron chi connectivity index (χ2n) is 4.71. The van der Waals surface area contributed by atoms with Crippen molar-refractivity contribution in [3.63, 3.8) is 0 Å². The number of ether oxygens (including phenoxy) is 1. The second kappa shape index (κ2) is 6.78. The van der Waals surface area contributed by atoms with Gasteiger partial charge in [-0.05, 0) is 36.4 Å². The van der Waals surface area contributed by atoms with Crippen LogP contribution in [-0.2, 0) is 6.42 Å². The Morgan fingerprint density at radius 2 is 2.04 bits per heavy atom. The van der Waals surface area contributed by atoms with Crippen molar-refractivity contribution in [1.82, 2.24) is 15.5 Å².